The molecule has 0 aliphatic heterocycles. The minimum atomic E-state index is 0.247. The van der Waals surface area contributed by atoms with E-state index in [0.29, 0.717) is 11.6 Å². The van der Waals surface area contributed by atoms with E-state index < -0.39 is 0 Å². The molecule has 0 aliphatic carbocycles. The van der Waals surface area contributed by atoms with Crippen molar-refractivity contribution in [3.63, 3.8) is 0 Å². The maximum Gasteiger partial charge on any atom is 0.276 e. The number of benzene rings is 1. The highest BCUT2D eigenvalue weighted by Gasteiger charge is 2.02. The van der Waals surface area contributed by atoms with Crippen LogP contribution < -0.4 is 0 Å². The van der Waals surface area contributed by atoms with Crippen LogP contribution in [0.3, 0.4) is 0 Å². The van der Waals surface area contributed by atoms with E-state index in [1.165, 1.54) is 0 Å². The summed E-state index contributed by atoms with van der Waals surface area (Å²) in [5, 5.41) is 10.1. The number of hydrogen-bond acceptors (Lipinski definition) is 5. The number of rotatable bonds is 2. The van der Waals surface area contributed by atoms with Gasteiger partial charge in [0.25, 0.3) is 5.78 Å². The minimum Gasteiger partial charge on any atom is -0.199 e. The Hall–Kier alpha value is -2.41. The van der Waals surface area contributed by atoms with E-state index in [-0.39, 0.29) is 4.77 Å². The highest BCUT2D eigenvalue weighted by molar-refractivity contribution is 7.71. The number of hydrogen-bond donors (Lipinski definition) is 1. The molecule has 3 aromatic rings. The van der Waals surface area contributed by atoms with Crippen molar-refractivity contribution in [1.29, 1.82) is 0 Å². The molecule has 0 saturated heterocycles. The Morgan fingerprint density at radius 1 is 1.11 bits per heavy atom. The molecule has 6 nitrogen and oxygen atoms in total. The van der Waals surface area contributed by atoms with Crippen molar-refractivity contribution in [3.05, 3.63) is 46.5 Å². The van der Waals surface area contributed by atoms with Gasteiger partial charge in [0.1, 0.15) is 0 Å². The zero-order valence-corrected chi connectivity index (χ0v) is 10.0. The molecule has 0 fully saturated rings. The molecule has 0 amide bonds. The van der Waals surface area contributed by atoms with Gasteiger partial charge in [-0.25, -0.2) is 0 Å². The highest BCUT2D eigenvalue weighted by Crippen LogP contribution is 2.06. The number of fused-ring (bicyclic) bond motifs is 1. The predicted octanol–water partition coefficient (Wildman–Crippen LogP) is 1.75. The fourth-order valence-corrected chi connectivity index (χ4v) is 1.71. The summed E-state index contributed by atoms with van der Waals surface area (Å²) in [7, 11) is 0. The van der Waals surface area contributed by atoms with Gasteiger partial charge in [-0.1, -0.05) is 41.5 Å². The van der Waals surface area contributed by atoms with Crippen LogP contribution in [0.1, 0.15) is 11.4 Å². The van der Waals surface area contributed by atoms with E-state index >= 15 is 0 Å². The maximum atomic E-state index is 4.97. The molecule has 1 aromatic carbocycles. The Bertz CT molecular complexity index is 758. The van der Waals surface area contributed by atoms with Crippen molar-refractivity contribution >= 4 is 30.1 Å². The van der Waals surface area contributed by atoms with E-state index in [2.05, 4.69) is 25.5 Å². The predicted molar refractivity (Wildman–Crippen MR) is 69.1 cm³/mol. The average Bonchev–Trinajstić information content (AvgIpc) is 2.85. The van der Waals surface area contributed by atoms with Crippen molar-refractivity contribution in [2.75, 3.05) is 0 Å². The van der Waals surface area contributed by atoms with Gasteiger partial charge in [-0.3, -0.25) is 0 Å². The second-order valence-corrected chi connectivity index (χ2v) is 3.91. The van der Waals surface area contributed by atoms with Gasteiger partial charge >= 0.3 is 0 Å². The molecular formula is C11H8N6S. The van der Waals surface area contributed by atoms with E-state index in [4.69, 9.17) is 12.2 Å². The van der Waals surface area contributed by atoms with Gasteiger partial charge in [0.05, 0.1) is 0 Å². The minimum absolute atomic E-state index is 0.247. The number of aromatic amines is 1. The third-order valence-electron chi connectivity index (χ3n) is 2.34. The molecule has 2 aromatic heterocycles. The lowest BCUT2D eigenvalue weighted by molar-refractivity contribution is 0.793. The van der Waals surface area contributed by atoms with Gasteiger partial charge in [-0.05, 0) is 29.1 Å². The number of nitrogens with one attached hydrogen (secondary N) is 1. The first-order chi connectivity index (χ1) is 8.83. The summed E-state index contributed by atoms with van der Waals surface area (Å²) >= 11 is 4.97. The number of H-pyrrole nitrogens is 1. The topological polar surface area (TPSA) is 71.8 Å². The molecule has 0 unspecified atom stereocenters. The quantitative estimate of drug-likeness (QED) is 0.707. The van der Waals surface area contributed by atoms with Gasteiger partial charge in [0, 0.05) is 0 Å². The van der Waals surface area contributed by atoms with Gasteiger partial charge in [-0.2, -0.15) is 19.7 Å². The highest BCUT2D eigenvalue weighted by atomic mass is 32.1. The zero-order chi connectivity index (χ0) is 12.4. The molecule has 0 atom stereocenters. The summed E-state index contributed by atoms with van der Waals surface area (Å²) < 4.78 is 1.81. The molecule has 0 radical (unpaired) electrons. The Kier molecular flexibility index (Phi) is 2.66. The molecule has 1 N–H and O–H groups in total. The zero-order valence-electron chi connectivity index (χ0n) is 9.19. The second kappa shape index (κ2) is 4.46. The van der Waals surface area contributed by atoms with Crippen molar-refractivity contribution in [2.24, 2.45) is 0 Å². The van der Waals surface area contributed by atoms with Crippen LogP contribution in [0, 0.1) is 4.77 Å². The molecule has 0 saturated carbocycles. The van der Waals surface area contributed by atoms with Crippen LogP contribution in [0.4, 0.5) is 0 Å². The van der Waals surface area contributed by atoms with Crippen molar-refractivity contribution in [3.8, 4) is 0 Å². The van der Waals surface area contributed by atoms with E-state index in [0.717, 1.165) is 5.56 Å². The summed E-state index contributed by atoms with van der Waals surface area (Å²) in [4.78, 5) is 8.14. The lowest BCUT2D eigenvalue weighted by Gasteiger charge is -1.96. The molecular weight excluding hydrogens is 248 g/mol. The van der Waals surface area contributed by atoms with Crippen LogP contribution in [0.15, 0.2) is 30.3 Å². The molecule has 88 valence electrons. The number of nitrogens with zero attached hydrogens (tertiary/aromatic N) is 5. The normalized spacial score (nSPS) is 11.3. The molecule has 0 bridgehead atoms. The Balaban J connectivity index is 2.07. The molecule has 18 heavy (non-hydrogen) atoms. The summed E-state index contributed by atoms with van der Waals surface area (Å²) in [5.74, 6) is 1.02. The first kappa shape index (κ1) is 10.7. The standard InChI is InChI=1S/C11H8N6S/c18-11-12-9(17-10(13-11)14-15-16-17)7-6-8-4-2-1-3-5-8/h1-7H,(H,13,14,16,18)/b7-6+. The smallest absolute Gasteiger partial charge is 0.199 e. The third kappa shape index (κ3) is 2.03. The van der Waals surface area contributed by atoms with E-state index in [1.54, 1.807) is 4.52 Å². The molecule has 0 aliphatic rings. The fraction of sp³-hybridized carbons (Fsp3) is 0. The summed E-state index contributed by atoms with van der Waals surface area (Å²) in [6.07, 6.45) is 3.77. The van der Waals surface area contributed by atoms with Crippen LogP contribution in [0.25, 0.3) is 17.9 Å². The first-order valence-corrected chi connectivity index (χ1v) is 5.65. The van der Waals surface area contributed by atoms with Crippen LogP contribution in [-0.4, -0.2) is 30.0 Å². The van der Waals surface area contributed by atoms with Crippen LogP contribution in [0.5, 0.6) is 0 Å². The van der Waals surface area contributed by atoms with Gasteiger partial charge in [0.2, 0.25) is 4.77 Å². The van der Waals surface area contributed by atoms with Crippen LogP contribution >= 0.6 is 12.2 Å². The van der Waals surface area contributed by atoms with Crippen molar-refractivity contribution in [2.45, 2.75) is 0 Å². The second-order valence-electron chi connectivity index (χ2n) is 3.54. The number of aromatic nitrogens is 6. The molecule has 7 heteroatoms. The van der Waals surface area contributed by atoms with Gasteiger partial charge in [-0.15, -0.1) is 0 Å². The van der Waals surface area contributed by atoms with Gasteiger partial charge < -0.3 is 0 Å². The average molecular weight is 256 g/mol. The Labute approximate surface area is 107 Å². The lowest BCUT2D eigenvalue weighted by Crippen LogP contribution is -2.00. The molecule has 0 spiro atoms. The Morgan fingerprint density at radius 2 is 1.94 bits per heavy atom. The molecule has 3 rings (SSSR count). The van der Waals surface area contributed by atoms with Crippen LogP contribution in [-0.2, 0) is 0 Å². The van der Waals surface area contributed by atoms with Gasteiger partial charge in [0.15, 0.2) is 5.82 Å². The number of tetrazole rings is 1. The summed E-state index contributed by atoms with van der Waals surface area (Å²) in [5.41, 5.74) is 1.07. The maximum absolute atomic E-state index is 4.97. The van der Waals surface area contributed by atoms with Crippen LogP contribution in [0.2, 0.25) is 0 Å². The van der Waals surface area contributed by atoms with Crippen molar-refractivity contribution in [1.82, 2.24) is 30.0 Å². The van der Waals surface area contributed by atoms with E-state index in [1.807, 2.05) is 42.5 Å². The summed E-state index contributed by atoms with van der Waals surface area (Å²) in [6.45, 7) is 0. The molecule has 2 heterocycles. The fourth-order valence-electron chi connectivity index (χ4n) is 1.53. The first-order valence-electron chi connectivity index (χ1n) is 5.24. The lowest BCUT2D eigenvalue weighted by atomic mass is 10.2. The van der Waals surface area contributed by atoms with E-state index in [9.17, 15) is 0 Å². The SMILES string of the molecule is S=c1nc(/C=C/c2ccccc2)n2[nH]nnc2n1. The largest absolute Gasteiger partial charge is 0.276 e. The monoisotopic (exact) mass is 256 g/mol. The Morgan fingerprint density at radius 3 is 2.78 bits per heavy atom. The summed E-state index contributed by atoms with van der Waals surface area (Å²) in [6, 6.07) is 9.91. The van der Waals surface area contributed by atoms with Crippen molar-refractivity contribution < 1.29 is 0 Å². The third-order valence-corrected chi connectivity index (χ3v) is 2.53.